The summed E-state index contributed by atoms with van der Waals surface area (Å²) in [6, 6.07) is 20.7. The van der Waals surface area contributed by atoms with Crippen molar-refractivity contribution in [2.45, 2.75) is 13.0 Å². The van der Waals surface area contributed by atoms with Crippen molar-refractivity contribution in [3.05, 3.63) is 84.7 Å². The number of anilines is 2. The molecule has 2 aromatic heterocycles. The van der Waals surface area contributed by atoms with Crippen LogP contribution in [0.4, 0.5) is 11.6 Å². The fourth-order valence-corrected chi connectivity index (χ4v) is 3.95. The molecule has 1 aliphatic heterocycles. The number of hydrogen-bond donors (Lipinski definition) is 2. The number of pyridine rings is 1. The van der Waals surface area contributed by atoms with Gasteiger partial charge in [0.15, 0.2) is 0 Å². The number of rotatable bonds is 4. The Labute approximate surface area is 181 Å². The molecule has 1 unspecified atom stereocenters. The minimum absolute atomic E-state index is 0.0358. The molecular weight excluding hydrogens is 384 g/mol. The van der Waals surface area contributed by atoms with Gasteiger partial charge in [0.2, 0.25) is 0 Å². The molecule has 0 saturated carbocycles. The van der Waals surface area contributed by atoms with Crippen molar-refractivity contribution in [1.29, 1.82) is 0 Å². The lowest BCUT2D eigenvalue weighted by Gasteiger charge is -2.31. The van der Waals surface area contributed by atoms with Crippen LogP contribution in [0.2, 0.25) is 0 Å². The van der Waals surface area contributed by atoms with Crippen LogP contribution in [0.25, 0.3) is 27.9 Å². The molecule has 3 heterocycles. The Balaban J connectivity index is 1.60. The Hall–Kier alpha value is -3.93. The molecule has 0 amide bonds. The van der Waals surface area contributed by atoms with Gasteiger partial charge in [-0.2, -0.15) is 0 Å². The van der Waals surface area contributed by atoms with E-state index >= 15 is 0 Å². The molecular formula is C25H24N6. The van der Waals surface area contributed by atoms with Crippen LogP contribution in [-0.4, -0.2) is 33.6 Å². The van der Waals surface area contributed by atoms with Gasteiger partial charge < -0.3 is 15.5 Å². The quantitative estimate of drug-likeness (QED) is 0.487. The molecule has 0 saturated heterocycles. The number of benzene rings is 2. The van der Waals surface area contributed by atoms with E-state index in [1.807, 2.05) is 37.4 Å². The first-order valence-corrected chi connectivity index (χ1v) is 10.3. The van der Waals surface area contributed by atoms with Crippen LogP contribution in [0.15, 0.2) is 73.6 Å². The van der Waals surface area contributed by atoms with E-state index in [0.29, 0.717) is 6.67 Å². The number of hydrogen-bond acceptors (Lipinski definition) is 6. The fraction of sp³-hybridized carbons (Fsp3) is 0.160. The standard InChI is InChI=1S/C25H24N6/c1-16(29-25-22-17(2)31(3)15-28-24(22)26-14-27-25)20-13-19-11-7-8-12-21(19)30-23(20)18-9-5-4-6-10-18/h4-14,16H,2,15H2,1,3H3,(H2,26,27,28,29). The van der Waals surface area contributed by atoms with Crippen molar-refractivity contribution in [3.8, 4) is 11.3 Å². The first-order valence-electron chi connectivity index (χ1n) is 10.3. The highest BCUT2D eigenvalue weighted by molar-refractivity contribution is 5.85. The van der Waals surface area contributed by atoms with Crippen LogP contribution in [-0.2, 0) is 0 Å². The third-order valence-electron chi connectivity index (χ3n) is 5.70. The SMILES string of the molecule is C=C1c2c(ncnc2NC(C)c2cc3ccccc3nc2-c2ccccc2)NCN1C. The number of nitrogens with zero attached hydrogens (tertiary/aromatic N) is 4. The number of aromatic nitrogens is 3. The van der Waals surface area contributed by atoms with Gasteiger partial charge >= 0.3 is 0 Å². The van der Waals surface area contributed by atoms with Crippen LogP contribution < -0.4 is 10.6 Å². The predicted molar refractivity (Wildman–Crippen MR) is 127 cm³/mol. The monoisotopic (exact) mass is 408 g/mol. The minimum atomic E-state index is -0.0358. The zero-order valence-electron chi connectivity index (χ0n) is 17.6. The molecule has 154 valence electrons. The van der Waals surface area contributed by atoms with E-state index in [1.165, 1.54) is 0 Å². The van der Waals surface area contributed by atoms with Crippen molar-refractivity contribution in [2.75, 3.05) is 24.3 Å². The summed E-state index contributed by atoms with van der Waals surface area (Å²) in [5.74, 6) is 1.56. The molecule has 2 aromatic carbocycles. The summed E-state index contributed by atoms with van der Waals surface area (Å²) in [6.45, 7) is 7.04. The second kappa shape index (κ2) is 7.72. The number of para-hydroxylation sites is 1. The Morgan fingerprint density at radius 3 is 2.68 bits per heavy atom. The summed E-state index contributed by atoms with van der Waals surface area (Å²) in [6.07, 6.45) is 1.58. The third-order valence-corrected chi connectivity index (χ3v) is 5.70. The van der Waals surface area contributed by atoms with Crippen LogP contribution in [0.3, 0.4) is 0 Å². The van der Waals surface area contributed by atoms with E-state index in [1.54, 1.807) is 6.33 Å². The first-order chi connectivity index (χ1) is 15.1. The van der Waals surface area contributed by atoms with E-state index in [9.17, 15) is 0 Å². The van der Waals surface area contributed by atoms with Gasteiger partial charge in [-0.15, -0.1) is 0 Å². The second-order valence-corrected chi connectivity index (χ2v) is 7.78. The van der Waals surface area contributed by atoms with Crippen molar-refractivity contribution in [1.82, 2.24) is 19.9 Å². The van der Waals surface area contributed by atoms with Crippen molar-refractivity contribution < 1.29 is 0 Å². The Kier molecular flexibility index (Phi) is 4.75. The summed E-state index contributed by atoms with van der Waals surface area (Å²) >= 11 is 0. The van der Waals surface area contributed by atoms with Gasteiger partial charge in [0.05, 0.1) is 29.5 Å². The van der Waals surface area contributed by atoms with E-state index in [2.05, 4.69) is 69.3 Å². The normalized spacial score (nSPS) is 14.1. The van der Waals surface area contributed by atoms with Gasteiger partial charge in [-0.05, 0) is 19.1 Å². The number of nitrogens with one attached hydrogen (secondary N) is 2. The zero-order chi connectivity index (χ0) is 21.4. The molecule has 0 aliphatic carbocycles. The van der Waals surface area contributed by atoms with Crippen LogP contribution in [0.1, 0.15) is 24.1 Å². The number of fused-ring (bicyclic) bond motifs is 2. The Morgan fingerprint density at radius 1 is 1.06 bits per heavy atom. The highest BCUT2D eigenvalue weighted by atomic mass is 15.3. The summed E-state index contributed by atoms with van der Waals surface area (Å²) in [7, 11) is 2.00. The van der Waals surface area contributed by atoms with Crippen LogP contribution in [0.5, 0.6) is 0 Å². The molecule has 4 aromatic rings. The van der Waals surface area contributed by atoms with Gasteiger partial charge in [-0.3, -0.25) is 0 Å². The van der Waals surface area contributed by atoms with E-state index in [-0.39, 0.29) is 6.04 Å². The van der Waals surface area contributed by atoms with E-state index in [0.717, 1.165) is 50.6 Å². The maximum Gasteiger partial charge on any atom is 0.142 e. The average Bonchev–Trinajstić information content (AvgIpc) is 2.81. The zero-order valence-corrected chi connectivity index (χ0v) is 17.6. The van der Waals surface area contributed by atoms with Crippen LogP contribution >= 0.6 is 0 Å². The van der Waals surface area contributed by atoms with Crippen LogP contribution in [0, 0.1) is 0 Å². The lowest BCUT2D eigenvalue weighted by atomic mass is 9.98. The molecule has 1 aliphatic rings. The molecule has 5 rings (SSSR count). The van der Waals surface area contributed by atoms with Crippen molar-refractivity contribution in [2.24, 2.45) is 0 Å². The molecule has 6 nitrogen and oxygen atoms in total. The summed E-state index contributed by atoms with van der Waals surface area (Å²) in [4.78, 5) is 16.0. The first kappa shape index (κ1) is 19.1. The molecule has 2 N–H and O–H groups in total. The van der Waals surface area contributed by atoms with Crippen molar-refractivity contribution in [3.63, 3.8) is 0 Å². The molecule has 6 heteroatoms. The van der Waals surface area contributed by atoms with Gasteiger partial charge in [-0.25, -0.2) is 15.0 Å². The van der Waals surface area contributed by atoms with Gasteiger partial charge in [-0.1, -0.05) is 55.1 Å². The smallest absolute Gasteiger partial charge is 0.142 e. The lowest BCUT2D eigenvalue weighted by Crippen LogP contribution is -2.30. The summed E-state index contributed by atoms with van der Waals surface area (Å²) in [5.41, 5.74) is 5.95. The summed E-state index contributed by atoms with van der Waals surface area (Å²) < 4.78 is 0. The average molecular weight is 409 g/mol. The molecule has 0 fully saturated rings. The third kappa shape index (κ3) is 3.46. The summed E-state index contributed by atoms with van der Waals surface area (Å²) in [5, 5.41) is 8.03. The minimum Gasteiger partial charge on any atom is -0.363 e. The molecule has 1 atom stereocenters. The van der Waals surface area contributed by atoms with Gasteiger partial charge in [0.25, 0.3) is 0 Å². The Morgan fingerprint density at radius 2 is 1.84 bits per heavy atom. The molecule has 0 bridgehead atoms. The maximum atomic E-state index is 5.01. The largest absolute Gasteiger partial charge is 0.363 e. The topological polar surface area (TPSA) is 66.0 Å². The van der Waals surface area contributed by atoms with Crippen molar-refractivity contribution >= 4 is 28.2 Å². The van der Waals surface area contributed by atoms with E-state index in [4.69, 9.17) is 4.98 Å². The van der Waals surface area contributed by atoms with Gasteiger partial charge in [0, 0.05) is 29.3 Å². The highest BCUT2D eigenvalue weighted by Crippen LogP contribution is 2.36. The molecule has 0 spiro atoms. The fourth-order valence-electron chi connectivity index (χ4n) is 3.95. The van der Waals surface area contributed by atoms with E-state index < -0.39 is 0 Å². The highest BCUT2D eigenvalue weighted by Gasteiger charge is 2.24. The van der Waals surface area contributed by atoms with Gasteiger partial charge in [0.1, 0.15) is 18.0 Å². The molecule has 31 heavy (non-hydrogen) atoms. The second-order valence-electron chi connectivity index (χ2n) is 7.78. The predicted octanol–water partition coefficient (Wildman–Crippen LogP) is 5.15. The molecule has 0 radical (unpaired) electrons. The Bertz CT molecular complexity index is 1270. The lowest BCUT2D eigenvalue weighted by molar-refractivity contribution is 0.506. The maximum absolute atomic E-state index is 5.01.